The van der Waals surface area contributed by atoms with Gasteiger partial charge in [-0.1, -0.05) is 63.1 Å². The first-order chi connectivity index (χ1) is 10.2. The van der Waals surface area contributed by atoms with Crippen molar-refractivity contribution < 1.29 is 0 Å². The summed E-state index contributed by atoms with van der Waals surface area (Å²) < 4.78 is 0. The van der Waals surface area contributed by atoms with Crippen LogP contribution in [0.2, 0.25) is 0 Å². The van der Waals surface area contributed by atoms with Gasteiger partial charge in [-0.2, -0.15) is 0 Å². The highest BCUT2D eigenvalue weighted by Gasteiger charge is 2.34. The molecule has 114 valence electrons. The lowest BCUT2D eigenvalue weighted by Crippen LogP contribution is -2.35. The first-order valence-electron chi connectivity index (χ1n) is 8.22. The summed E-state index contributed by atoms with van der Waals surface area (Å²) in [7, 11) is 0. The summed E-state index contributed by atoms with van der Waals surface area (Å²) in [4.78, 5) is 4.87. The Morgan fingerprint density at radius 3 is 2.57 bits per heavy atom. The van der Waals surface area contributed by atoms with Crippen molar-refractivity contribution in [1.29, 1.82) is 0 Å². The Labute approximate surface area is 132 Å². The van der Waals surface area contributed by atoms with Crippen LogP contribution in [0.3, 0.4) is 0 Å². The molecule has 0 atom stereocenters. The molecule has 1 N–H and O–H groups in total. The molecular weight excluding hydrogens is 276 g/mol. The molecule has 0 aromatic heterocycles. The summed E-state index contributed by atoms with van der Waals surface area (Å²) in [5.41, 5.74) is 3.10. The lowest BCUT2D eigenvalue weighted by Gasteiger charge is -2.38. The SMILES string of the molecule is CC(C)c1ccccc1NC1=NCC2(CCCCC2)CS1. The number of nitrogens with zero attached hydrogens (tertiary/aromatic N) is 1. The topological polar surface area (TPSA) is 24.4 Å². The molecule has 0 unspecified atom stereocenters. The Kier molecular flexibility index (Phi) is 4.58. The molecule has 1 aromatic rings. The Balaban J connectivity index is 1.69. The van der Waals surface area contributed by atoms with Crippen LogP contribution in [-0.2, 0) is 0 Å². The second-order valence-electron chi connectivity index (χ2n) is 6.84. The fraction of sp³-hybridized carbons (Fsp3) is 0.611. The van der Waals surface area contributed by atoms with E-state index in [2.05, 4.69) is 43.4 Å². The van der Waals surface area contributed by atoms with Crippen molar-refractivity contribution in [1.82, 2.24) is 0 Å². The van der Waals surface area contributed by atoms with Crippen LogP contribution in [-0.4, -0.2) is 17.5 Å². The van der Waals surface area contributed by atoms with Gasteiger partial charge in [-0.15, -0.1) is 0 Å². The Bertz CT molecular complexity index is 516. The van der Waals surface area contributed by atoms with Gasteiger partial charge in [0.15, 0.2) is 5.17 Å². The third kappa shape index (κ3) is 3.45. The van der Waals surface area contributed by atoms with Crippen LogP contribution in [0.5, 0.6) is 0 Å². The zero-order valence-electron chi connectivity index (χ0n) is 13.2. The molecular formula is C18H26N2S. The number of amidine groups is 1. The molecule has 1 aliphatic heterocycles. The molecule has 0 amide bonds. The molecule has 1 spiro atoms. The van der Waals surface area contributed by atoms with E-state index in [4.69, 9.17) is 4.99 Å². The van der Waals surface area contributed by atoms with E-state index in [1.165, 1.54) is 49.1 Å². The van der Waals surface area contributed by atoms with Crippen molar-refractivity contribution in [3.8, 4) is 0 Å². The predicted molar refractivity (Wildman–Crippen MR) is 94.4 cm³/mol. The van der Waals surface area contributed by atoms with E-state index in [9.17, 15) is 0 Å². The first kappa shape index (κ1) is 15.0. The van der Waals surface area contributed by atoms with E-state index in [0.29, 0.717) is 11.3 Å². The van der Waals surface area contributed by atoms with E-state index in [1.54, 1.807) is 0 Å². The van der Waals surface area contributed by atoms with Gasteiger partial charge < -0.3 is 5.32 Å². The molecule has 3 heteroatoms. The van der Waals surface area contributed by atoms with Gasteiger partial charge in [0.05, 0.1) is 0 Å². The van der Waals surface area contributed by atoms with Gasteiger partial charge in [-0.25, -0.2) is 0 Å². The van der Waals surface area contributed by atoms with Crippen molar-refractivity contribution in [2.24, 2.45) is 10.4 Å². The number of aliphatic imine (C=N–C) groups is 1. The van der Waals surface area contributed by atoms with Crippen LogP contribution in [0.25, 0.3) is 0 Å². The summed E-state index contributed by atoms with van der Waals surface area (Å²) in [6.45, 7) is 5.51. The Morgan fingerprint density at radius 1 is 1.14 bits per heavy atom. The van der Waals surface area contributed by atoms with Crippen LogP contribution < -0.4 is 5.32 Å². The van der Waals surface area contributed by atoms with Gasteiger partial charge in [-0.3, -0.25) is 4.99 Å². The Morgan fingerprint density at radius 2 is 1.90 bits per heavy atom. The maximum Gasteiger partial charge on any atom is 0.161 e. The van der Waals surface area contributed by atoms with Gasteiger partial charge in [-0.05, 0) is 35.8 Å². The number of thioether (sulfide) groups is 1. The quantitative estimate of drug-likeness (QED) is 0.804. The van der Waals surface area contributed by atoms with Gasteiger partial charge in [0.2, 0.25) is 0 Å². The average molecular weight is 302 g/mol. The van der Waals surface area contributed by atoms with Crippen molar-refractivity contribution in [3.63, 3.8) is 0 Å². The van der Waals surface area contributed by atoms with E-state index in [-0.39, 0.29) is 0 Å². The lowest BCUT2D eigenvalue weighted by atomic mass is 9.75. The minimum absolute atomic E-state index is 0.506. The highest BCUT2D eigenvalue weighted by molar-refractivity contribution is 8.14. The molecule has 1 aliphatic carbocycles. The number of rotatable bonds is 2. The van der Waals surface area contributed by atoms with Crippen LogP contribution in [0.15, 0.2) is 29.3 Å². The minimum Gasteiger partial charge on any atom is -0.335 e. The van der Waals surface area contributed by atoms with Crippen molar-refractivity contribution in [2.75, 3.05) is 17.6 Å². The zero-order chi connectivity index (χ0) is 14.7. The lowest BCUT2D eigenvalue weighted by molar-refractivity contribution is 0.232. The molecule has 21 heavy (non-hydrogen) atoms. The summed E-state index contributed by atoms with van der Waals surface area (Å²) in [6.07, 6.45) is 6.96. The van der Waals surface area contributed by atoms with E-state index < -0.39 is 0 Å². The normalized spacial score (nSPS) is 21.4. The van der Waals surface area contributed by atoms with Gasteiger partial charge >= 0.3 is 0 Å². The summed E-state index contributed by atoms with van der Waals surface area (Å²) in [6, 6.07) is 8.60. The maximum absolute atomic E-state index is 4.87. The molecule has 0 bridgehead atoms. The van der Waals surface area contributed by atoms with Crippen LogP contribution in [0.1, 0.15) is 57.4 Å². The molecule has 1 fully saturated rings. The molecule has 2 aliphatic rings. The Hall–Kier alpha value is -0.960. The third-order valence-corrected chi connectivity index (χ3v) is 6.07. The monoisotopic (exact) mass is 302 g/mol. The minimum atomic E-state index is 0.506. The van der Waals surface area contributed by atoms with Crippen molar-refractivity contribution >= 4 is 22.6 Å². The van der Waals surface area contributed by atoms with Crippen molar-refractivity contribution in [2.45, 2.75) is 51.9 Å². The standard InChI is InChI=1S/C18H26N2S/c1-14(2)15-8-4-5-9-16(15)20-17-19-12-18(13-21-17)10-6-3-7-11-18/h4-5,8-9,14H,3,6-7,10-13H2,1-2H3,(H,19,20). The van der Waals surface area contributed by atoms with Crippen LogP contribution in [0, 0.1) is 5.41 Å². The molecule has 3 rings (SSSR count). The predicted octanol–water partition coefficient (Wildman–Crippen LogP) is 5.28. The second-order valence-corrected chi connectivity index (χ2v) is 7.80. The number of nitrogens with one attached hydrogen (secondary N) is 1. The fourth-order valence-corrected chi connectivity index (χ4v) is 4.62. The molecule has 1 heterocycles. The number of hydrogen-bond donors (Lipinski definition) is 1. The van der Waals surface area contributed by atoms with Gasteiger partial charge in [0, 0.05) is 18.0 Å². The summed E-state index contributed by atoms with van der Waals surface area (Å²) in [5, 5.41) is 4.68. The van der Waals surface area contributed by atoms with Crippen molar-refractivity contribution in [3.05, 3.63) is 29.8 Å². The summed E-state index contributed by atoms with van der Waals surface area (Å²) in [5.74, 6) is 1.77. The molecule has 0 radical (unpaired) electrons. The number of anilines is 1. The molecule has 0 saturated heterocycles. The molecule has 2 nitrogen and oxygen atoms in total. The molecule has 1 aromatic carbocycles. The van der Waals surface area contributed by atoms with E-state index >= 15 is 0 Å². The average Bonchev–Trinajstić information content (AvgIpc) is 2.51. The first-order valence-corrected chi connectivity index (χ1v) is 9.20. The highest BCUT2D eigenvalue weighted by Crippen LogP contribution is 2.42. The smallest absolute Gasteiger partial charge is 0.161 e. The second kappa shape index (κ2) is 6.43. The van der Waals surface area contributed by atoms with Gasteiger partial charge in [0.1, 0.15) is 0 Å². The van der Waals surface area contributed by atoms with Crippen LogP contribution in [0.4, 0.5) is 5.69 Å². The van der Waals surface area contributed by atoms with E-state index in [0.717, 1.165) is 11.7 Å². The third-order valence-electron chi connectivity index (χ3n) is 4.81. The van der Waals surface area contributed by atoms with Crippen LogP contribution >= 0.6 is 11.8 Å². The largest absolute Gasteiger partial charge is 0.335 e. The fourth-order valence-electron chi connectivity index (χ4n) is 3.46. The number of para-hydroxylation sites is 1. The summed E-state index contributed by atoms with van der Waals surface area (Å²) >= 11 is 1.92. The van der Waals surface area contributed by atoms with E-state index in [1.807, 2.05) is 11.8 Å². The zero-order valence-corrected chi connectivity index (χ0v) is 14.0. The maximum atomic E-state index is 4.87. The molecule has 1 saturated carbocycles. The number of benzene rings is 1. The van der Waals surface area contributed by atoms with Gasteiger partial charge in [0.25, 0.3) is 0 Å². The number of hydrogen-bond acceptors (Lipinski definition) is 3. The highest BCUT2D eigenvalue weighted by atomic mass is 32.2.